The minimum atomic E-state index is -0.549. The molecule has 0 N–H and O–H groups in total. The Bertz CT molecular complexity index is 345. The van der Waals surface area contributed by atoms with Crippen LogP contribution >= 0.6 is 0 Å². The Balaban J connectivity index is 4.11. The fourth-order valence-corrected chi connectivity index (χ4v) is 1.22. The molecule has 0 fully saturated rings. The molecule has 0 aromatic heterocycles. The summed E-state index contributed by atoms with van der Waals surface area (Å²) in [5.74, 6) is -0.817. The van der Waals surface area contributed by atoms with E-state index in [1.165, 1.54) is 9.80 Å². The minimum Gasteiger partial charge on any atom is -0.460 e. The first-order valence-electron chi connectivity index (χ1n) is 6.19. The summed E-state index contributed by atoms with van der Waals surface area (Å²) in [6, 6.07) is 0. The number of nitrogens with zero attached hydrogens (tertiary/aromatic N) is 2. The second kappa shape index (κ2) is 7.11. The molecule has 6 heteroatoms. The standard InChI is InChI=1S/C13H24N2O4/c1-13(2,3)19-12(18)8-7-10(16)15(6)9-11(17)14(4)5/h7-9H2,1-6H3. The maximum Gasteiger partial charge on any atom is 0.306 e. The van der Waals surface area contributed by atoms with Crippen molar-refractivity contribution in [3.63, 3.8) is 0 Å². The van der Waals surface area contributed by atoms with Crippen molar-refractivity contribution in [2.45, 2.75) is 39.2 Å². The molecule has 0 heterocycles. The van der Waals surface area contributed by atoms with Crippen LogP contribution in [0.1, 0.15) is 33.6 Å². The van der Waals surface area contributed by atoms with Crippen molar-refractivity contribution < 1.29 is 19.1 Å². The van der Waals surface area contributed by atoms with Gasteiger partial charge in [-0.25, -0.2) is 0 Å². The summed E-state index contributed by atoms with van der Waals surface area (Å²) in [6.07, 6.45) is 0.0721. The fraction of sp³-hybridized carbons (Fsp3) is 0.769. The summed E-state index contributed by atoms with van der Waals surface area (Å²) in [5, 5.41) is 0. The molecule has 0 spiro atoms. The number of rotatable bonds is 5. The zero-order valence-corrected chi connectivity index (χ0v) is 12.6. The molecule has 0 aliphatic rings. The normalized spacial score (nSPS) is 10.8. The van der Waals surface area contributed by atoms with Crippen LogP contribution in [0.5, 0.6) is 0 Å². The lowest BCUT2D eigenvalue weighted by atomic mass is 10.2. The molecular formula is C13H24N2O4. The van der Waals surface area contributed by atoms with E-state index >= 15 is 0 Å². The Morgan fingerprint density at radius 1 is 0.947 bits per heavy atom. The van der Waals surface area contributed by atoms with Gasteiger partial charge in [-0.1, -0.05) is 0 Å². The van der Waals surface area contributed by atoms with Gasteiger partial charge >= 0.3 is 5.97 Å². The van der Waals surface area contributed by atoms with Crippen LogP contribution < -0.4 is 0 Å². The zero-order valence-electron chi connectivity index (χ0n) is 12.6. The molecule has 0 aromatic rings. The van der Waals surface area contributed by atoms with Crippen LogP contribution in [0.3, 0.4) is 0 Å². The van der Waals surface area contributed by atoms with Gasteiger partial charge in [0.1, 0.15) is 5.60 Å². The van der Waals surface area contributed by atoms with Gasteiger partial charge in [-0.05, 0) is 20.8 Å². The van der Waals surface area contributed by atoms with Gasteiger partial charge < -0.3 is 14.5 Å². The smallest absolute Gasteiger partial charge is 0.306 e. The van der Waals surface area contributed by atoms with E-state index in [9.17, 15) is 14.4 Å². The third-order valence-electron chi connectivity index (χ3n) is 2.26. The van der Waals surface area contributed by atoms with Crippen LogP contribution in [0, 0.1) is 0 Å². The molecule has 0 unspecified atom stereocenters. The van der Waals surface area contributed by atoms with Crippen LogP contribution in [0.2, 0.25) is 0 Å². The molecule has 0 atom stereocenters. The molecule has 19 heavy (non-hydrogen) atoms. The number of amides is 2. The lowest BCUT2D eigenvalue weighted by Gasteiger charge is -2.21. The number of esters is 1. The highest BCUT2D eigenvalue weighted by atomic mass is 16.6. The summed E-state index contributed by atoms with van der Waals surface area (Å²) in [7, 11) is 4.79. The van der Waals surface area contributed by atoms with Crippen molar-refractivity contribution in [1.82, 2.24) is 9.80 Å². The average Bonchev–Trinajstić information content (AvgIpc) is 2.23. The maximum atomic E-state index is 11.7. The van der Waals surface area contributed by atoms with Gasteiger partial charge in [-0.3, -0.25) is 14.4 Å². The molecule has 0 rings (SSSR count). The molecule has 0 radical (unpaired) electrons. The Hall–Kier alpha value is -1.59. The number of hydrogen-bond acceptors (Lipinski definition) is 4. The zero-order chi connectivity index (χ0) is 15.2. The maximum absolute atomic E-state index is 11.7. The van der Waals surface area contributed by atoms with Crippen molar-refractivity contribution in [3.05, 3.63) is 0 Å². The summed E-state index contributed by atoms with van der Waals surface area (Å²) >= 11 is 0. The van der Waals surface area contributed by atoms with Crippen LogP contribution in [0.4, 0.5) is 0 Å². The molecule has 0 saturated carbocycles. The number of carbonyl (C=O) groups is 3. The molecule has 6 nitrogen and oxygen atoms in total. The Labute approximate surface area is 114 Å². The van der Waals surface area contributed by atoms with Crippen molar-refractivity contribution >= 4 is 17.8 Å². The van der Waals surface area contributed by atoms with Crippen LogP contribution in [0.25, 0.3) is 0 Å². The highest BCUT2D eigenvalue weighted by Crippen LogP contribution is 2.09. The predicted molar refractivity (Wildman–Crippen MR) is 71.4 cm³/mol. The van der Waals surface area contributed by atoms with Gasteiger partial charge in [0, 0.05) is 27.6 Å². The van der Waals surface area contributed by atoms with E-state index in [0.29, 0.717) is 0 Å². The Morgan fingerprint density at radius 2 is 1.47 bits per heavy atom. The Kier molecular flexibility index (Phi) is 6.52. The largest absolute Gasteiger partial charge is 0.460 e. The van der Waals surface area contributed by atoms with Gasteiger partial charge in [-0.15, -0.1) is 0 Å². The SMILES string of the molecule is CN(C)C(=O)CN(C)C(=O)CCC(=O)OC(C)(C)C. The van der Waals surface area contributed by atoms with E-state index in [1.807, 2.05) is 0 Å². The summed E-state index contributed by atoms with van der Waals surface area (Å²) in [6.45, 7) is 5.33. The molecule has 110 valence electrons. The molecular weight excluding hydrogens is 248 g/mol. The van der Waals surface area contributed by atoms with Crippen molar-refractivity contribution in [3.8, 4) is 0 Å². The number of carbonyl (C=O) groups excluding carboxylic acids is 3. The second-order valence-corrected chi connectivity index (χ2v) is 5.62. The highest BCUT2D eigenvalue weighted by Gasteiger charge is 2.19. The van der Waals surface area contributed by atoms with Gasteiger partial charge in [0.15, 0.2) is 0 Å². The van der Waals surface area contributed by atoms with Gasteiger partial charge in [0.05, 0.1) is 13.0 Å². The van der Waals surface area contributed by atoms with Crippen molar-refractivity contribution in [2.75, 3.05) is 27.7 Å². The third kappa shape index (κ3) is 8.18. The molecule has 0 bridgehead atoms. The van der Waals surface area contributed by atoms with Crippen LogP contribution in [-0.2, 0) is 19.1 Å². The van der Waals surface area contributed by atoms with E-state index in [1.54, 1.807) is 41.9 Å². The van der Waals surface area contributed by atoms with E-state index in [4.69, 9.17) is 4.74 Å². The summed E-state index contributed by atoms with van der Waals surface area (Å²) in [4.78, 5) is 37.3. The average molecular weight is 272 g/mol. The van der Waals surface area contributed by atoms with E-state index in [0.717, 1.165) is 0 Å². The van der Waals surface area contributed by atoms with Gasteiger partial charge in [0.2, 0.25) is 11.8 Å². The predicted octanol–water partition coefficient (Wildman–Crippen LogP) is 0.655. The van der Waals surface area contributed by atoms with Gasteiger partial charge in [-0.2, -0.15) is 0 Å². The van der Waals surface area contributed by atoms with Crippen LogP contribution in [-0.4, -0.2) is 60.9 Å². The molecule has 0 aromatic carbocycles. The lowest BCUT2D eigenvalue weighted by Crippen LogP contribution is -2.38. The number of hydrogen-bond donors (Lipinski definition) is 0. The quantitative estimate of drug-likeness (QED) is 0.689. The molecule has 2 amide bonds. The minimum absolute atomic E-state index is 0.0140. The first-order valence-corrected chi connectivity index (χ1v) is 6.19. The van der Waals surface area contributed by atoms with Crippen molar-refractivity contribution in [2.24, 2.45) is 0 Å². The third-order valence-corrected chi connectivity index (χ3v) is 2.26. The fourth-order valence-electron chi connectivity index (χ4n) is 1.22. The van der Waals surface area contributed by atoms with Gasteiger partial charge in [0.25, 0.3) is 0 Å². The van der Waals surface area contributed by atoms with E-state index < -0.39 is 11.6 Å². The first kappa shape index (κ1) is 17.4. The highest BCUT2D eigenvalue weighted by molar-refractivity contribution is 5.86. The number of likely N-dealkylation sites (N-methyl/N-ethyl adjacent to an activating group) is 2. The second-order valence-electron chi connectivity index (χ2n) is 5.62. The van der Waals surface area contributed by atoms with Crippen molar-refractivity contribution in [1.29, 1.82) is 0 Å². The van der Waals surface area contributed by atoms with Crippen LogP contribution in [0.15, 0.2) is 0 Å². The summed E-state index contributed by atoms with van der Waals surface area (Å²) in [5.41, 5.74) is -0.549. The van der Waals surface area contributed by atoms with E-state index in [-0.39, 0.29) is 31.2 Å². The monoisotopic (exact) mass is 272 g/mol. The molecule has 0 aliphatic heterocycles. The molecule has 0 aliphatic carbocycles. The number of ether oxygens (including phenoxy) is 1. The topological polar surface area (TPSA) is 66.9 Å². The Morgan fingerprint density at radius 3 is 1.89 bits per heavy atom. The first-order chi connectivity index (χ1) is 8.53. The van der Waals surface area contributed by atoms with E-state index in [2.05, 4.69) is 0 Å². The lowest BCUT2D eigenvalue weighted by molar-refractivity contribution is -0.156. The molecule has 0 saturated heterocycles. The summed E-state index contributed by atoms with van der Waals surface area (Å²) < 4.78 is 5.10.